The molecule has 7 heteroatoms. The Morgan fingerprint density at radius 3 is 2.11 bits per heavy atom. The second kappa shape index (κ2) is 7.82. The van der Waals surface area contributed by atoms with Gasteiger partial charge in [0.05, 0.1) is 23.7 Å². The minimum absolute atomic E-state index is 0.0256. The van der Waals surface area contributed by atoms with Gasteiger partial charge in [-0.05, 0) is 18.6 Å². The predicted octanol–water partition coefficient (Wildman–Crippen LogP) is 1.92. The molecule has 0 saturated heterocycles. The van der Waals surface area contributed by atoms with Crippen LogP contribution in [0.4, 0.5) is 0 Å². The highest BCUT2D eigenvalue weighted by molar-refractivity contribution is 6.16. The molecule has 27 heavy (non-hydrogen) atoms. The standard InChI is InChI=1S/C20H19N3O4/c1-27-17(24)11-10-16(19(21)25)23-20(26)18-12-6-2-4-8-14(12)22-15-9-5-3-7-13(15)18/h2-9,16H,10-11H2,1H3,(H2,21,25)(H,23,26)/t16-/m0/s1. The molecule has 7 nitrogen and oxygen atoms in total. The number of ether oxygens (including phenoxy) is 1. The average molecular weight is 365 g/mol. The Kier molecular flexibility index (Phi) is 5.30. The maximum atomic E-state index is 13.0. The molecule has 0 radical (unpaired) electrons. The average Bonchev–Trinajstić information content (AvgIpc) is 2.68. The number of aromatic nitrogens is 1. The first-order valence-electron chi connectivity index (χ1n) is 8.45. The lowest BCUT2D eigenvalue weighted by atomic mass is 10.0. The molecule has 3 N–H and O–H groups in total. The first-order chi connectivity index (χ1) is 13.0. The van der Waals surface area contributed by atoms with E-state index in [-0.39, 0.29) is 12.8 Å². The summed E-state index contributed by atoms with van der Waals surface area (Å²) in [5.41, 5.74) is 7.16. The number of nitrogens with one attached hydrogen (secondary N) is 1. The molecule has 3 aromatic rings. The summed E-state index contributed by atoms with van der Waals surface area (Å²) in [7, 11) is 1.26. The second-order valence-corrected chi connectivity index (χ2v) is 6.06. The van der Waals surface area contributed by atoms with Crippen LogP contribution >= 0.6 is 0 Å². The third-order valence-corrected chi connectivity index (χ3v) is 4.33. The number of pyridine rings is 1. The zero-order chi connectivity index (χ0) is 19.4. The van der Waals surface area contributed by atoms with Crippen molar-refractivity contribution in [3.05, 3.63) is 54.1 Å². The zero-order valence-electron chi connectivity index (χ0n) is 14.8. The molecule has 1 heterocycles. The number of hydrogen-bond donors (Lipinski definition) is 2. The highest BCUT2D eigenvalue weighted by Crippen LogP contribution is 2.26. The van der Waals surface area contributed by atoms with E-state index in [4.69, 9.17) is 5.73 Å². The highest BCUT2D eigenvalue weighted by Gasteiger charge is 2.23. The third-order valence-electron chi connectivity index (χ3n) is 4.33. The lowest BCUT2D eigenvalue weighted by molar-refractivity contribution is -0.140. The Labute approximate surface area is 155 Å². The van der Waals surface area contributed by atoms with Crippen molar-refractivity contribution >= 4 is 39.6 Å². The molecule has 2 amide bonds. The number of primary amides is 1. The van der Waals surface area contributed by atoms with Crippen molar-refractivity contribution in [3.8, 4) is 0 Å². The van der Waals surface area contributed by atoms with Gasteiger partial charge in [0, 0.05) is 17.2 Å². The van der Waals surface area contributed by atoms with Crippen molar-refractivity contribution in [3.63, 3.8) is 0 Å². The van der Waals surface area contributed by atoms with Gasteiger partial charge in [-0.15, -0.1) is 0 Å². The normalized spacial score (nSPS) is 11.9. The topological polar surface area (TPSA) is 111 Å². The third kappa shape index (κ3) is 3.87. The number of rotatable bonds is 6. The number of methoxy groups -OCH3 is 1. The molecule has 0 bridgehead atoms. The molecule has 3 rings (SSSR count). The first-order valence-corrected chi connectivity index (χ1v) is 8.45. The summed E-state index contributed by atoms with van der Waals surface area (Å²) >= 11 is 0. The number of esters is 1. The van der Waals surface area contributed by atoms with Crippen molar-refractivity contribution in [1.82, 2.24) is 10.3 Å². The first kappa shape index (κ1) is 18.3. The van der Waals surface area contributed by atoms with E-state index in [9.17, 15) is 14.4 Å². The van der Waals surface area contributed by atoms with Gasteiger partial charge < -0.3 is 15.8 Å². The van der Waals surface area contributed by atoms with Gasteiger partial charge in [0.2, 0.25) is 5.91 Å². The number of nitrogens with two attached hydrogens (primary N) is 1. The number of carbonyl (C=O) groups is 3. The molecule has 0 aliphatic rings. The van der Waals surface area contributed by atoms with Crippen LogP contribution in [0.5, 0.6) is 0 Å². The number of carbonyl (C=O) groups excluding carboxylic acids is 3. The van der Waals surface area contributed by atoms with Crippen LogP contribution in [-0.4, -0.2) is 35.9 Å². The van der Waals surface area contributed by atoms with E-state index in [1.165, 1.54) is 7.11 Å². The van der Waals surface area contributed by atoms with Crippen molar-refractivity contribution in [1.29, 1.82) is 0 Å². The summed E-state index contributed by atoms with van der Waals surface area (Å²) in [4.78, 5) is 40.7. The quantitative estimate of drug-likeness (QED) is 0.512. The van der Waals surface area contributed by atoms with Crippen LogP contribution in [-0.2, 0) is 14.3 Å². The van der Waals surface area contributed by atoms with Gasteiger partial charge in [-0.25, -0.2) is 4.98 Å². The van der Waals surface area contributed by atoms with Crippen LogP contribution in [0, 0.1) is 0 Å². The van der Waals surface area contributed by atoms with Crippen molar-refractivity contribution in [2.45, 2.75) is 18.9 Å². The van der Waals surface area contributed by atoms with E-state index in [1.54, 1.807) is 12.1 Å². The molecular weight excluding hydrogens is 346 g/mol. The molecule has 0 aliphatic carbocycles. The van der Waals surface area contributed by atoms with Crippen molar-refractivity contribution in [2.24, 2.45) is 5.73 Å². The molecule has 1 atom stereocenters. The maximum Gasteiger partial charge on any atom is 0.305 e. The fourth-order valence-corrected chi connectivity index (χ4v) is 2.96. The number of para-hydroxylation sites is 2. The van der Waals surface area contributed by atoms with Crippen LogP contribution in [0.2, 0.25) is 0 Å². The van der Waals surface area contributed by atoms with E-state index in [1.807, 2.05) is 36.4 Å². The lowest BCUT2D eigenvalue weighted by Crippen LogP contribution is -2.44. The highest BCUT2D eigenvalue weighted by atomic mass is 16.5. The number of hydrogen-bond acceptors (Lipinski definition) is 5. The number of nitrogens with zero attached hydrogens (tertiary/aromatic N) is 1. The van der Waals surface area contributed by atoms with Gasteiger partial charge in [0.15, 0.2) is 0 Å². The largest absolute Gasteiger partial charge is 0.469 e. The van der Waals surface area contributed by atoms with Crippen LogP contribution in [0.1, 0.15) is 23.2 Å². The fraction of sp³-hybridized carbons (Fsp3) is 0.200. The van der Waals surface area contributed by atoms with Crippen LogP contribution in [0.25, 0.3) is 21.8 Å². The Morgan fingerprint density at radius 2 is 1.59 bits per heavy atom. The monoisotopic (exact) mass is 365 g/mol. The van der Waals surface area contributed by atoms with Gasteiger partial charge in [0.25, 0.3) is 5.91 Å². The summed E-state index contributed by atoms with van der Waals surface area (Å²) < 4.78 is 4.57. The summed E-state index contributed by atoms with van der Waals surface area (Å²) in [5.74, 6) is -1.64. The maximum absolute atomic E-state index is 13.0. The van der Waals surface area contributed by atoms with Crippen molar-refractivity contribution in [2.75, 3.05) is 7.11 Å². The SMILES string of the molecule is COC(=O)CC[C@H](NC(=O)c1c2ccccc2nc2ccccc12)C(N)=O. The molecule has 2 aromatic carbocycles. The molecule has 1 aromatic heterocycles. The van der Waals surface area contributed by atoms with Gasteiger partial charge in [0.1, 0.15) is 6.04 Å². The van der Waals surface area contributed by atoms with E-state index < -0.39 is 23.8 Å². The molecule has 138 valence electrons. The van der Waals surface area contributed by atoms with Crippen LogP contribution in [0.3, 0.4) is 0 Å². The molecular formula is C20H19N3O4. The Hall–Kier alpha value is -3.48. The lowest BCUT2D eigenvalue weighted by Gasteiger charge is -2.17. The smallest absolute Gasteiger partial charge is 0.305 e. The van der Waals surface area contributed by atoms with Gasteiger partial charge in [-0.1, -0.05) is 36.4 Å². The van der Waals surface area contributed by atoms with Crippen LogP contribution in [0.15, 0.2) is 48.5 Å². The fourth-order valence-electron chi connectivity index (χ4n) is 2.96. The van der Waals surface area contributed by atoms with E-state index >= 15 is 0 Å². The summed E-state index contributed by atoms with van der Waals surface area (Å²) in [6.07, 6.45) is 0.0386. The Morgan fingerprint density at radius 1 is 1.04 bits per heavy atom. The van der Waals surface area contributed by atoms with Crippen LogP contribution < -0.4 is 11.1 Å². The minimum atomic E-state index is -0.984. The minimum Gasteiger partial charge on any atom is -0.469 e. The molecule has 0 fully saturated rings. The van der Waals surface area contributed by atoms with Gasteiger partial charge in [-0.3, -0.25) is 14.4 Å². The number of amides is 2. The number of fused-ring (bicyclic) bond motifs is 2. The Bertz CT molecular complexity index is 978. The van der Waals surface area contributed by atoms with E-state index in [0.717, 1.165) is 0 Å². The summed E-state index contributed by atoms with van der Waals surface area (Å²) in [6, 6.07) is 13.6. The molecule has 0 aliphatic heterocycles. The predicted molar refractivity (Wildman–Crippen MR) is 101 cm³/mol. The zero-order valence-corrected chi connectivity index (χ0v) is 14.8. The van der Waals surface area contributed by atoms with Gasteiger partial charge >= 0.3 is 5.97 Å². The molecule has 0 saturated carbocycles. The summed E-state index contributed by atoms with van der Waals surface area (Å²) in [5, 5.41) is 3.99. The number of benzene rings is 2. The van der Waals surface area contributed by atoms with Gasteiger partial charge in [-0.2, -0.15) is 0 Å². The summed E-state index contributed by atoms with van der Waals surface area (Å²) in [6.45, 7) is 0. The van der Waals surface area contributed by atoms with Crippen molar-refractivity contribution < 1.29 is 19.1 Å². The van der Waals surface area contributed by atoms with E-state index in [2.05, 4.69) is 15.0 Å². The Balaban J connectivity index is 2.00. The molecule has 0 unspecified atom stereocenters. The second-order valence-electron chi connectivity index (χ2n) is 6.06. The molecule has 0 spiro atoms. The van der Waals surface area contributed by atoms with E-state index in [0.29, 0.717) is 27.4 Å².